The molecular formula is C17H18N2O2S2. The monoisotopic (exact) mass is 346 g/mol. The Hall–Kier alpha value is -1.79. The van der Waals surface area contributed by atoms with Crippen LogP contribution in [0.15, 0.2) is 46.7 Å². The molecule has 0 unspecified atom stereocenters. The van der Waals surface area contributed by atoms with Crippen LogP contribution in [0.4, 0.5) is 0 Å². The Labute approximate surface area is 144 Å². The second-order valence-electron chi connectivity index (χ2n) is 5.26. The number of carbonyl (C=O) groups is 2. The van der Waals surface area contributed by atoms with Crippen molar-refractivity contribution < 1.29 is 9.59 Å². The van der Waals surface area contributed by atoms with Gasteiger partial charge in [-0.3, -0.25) is 9.59 Å². The average molecular weight is 346 g/mol. The van der Waals surface area contributed by atoms with Gasteiger partial charge < -0.3 is 9.80 Å². The number of thiophene rings is 1. The molecule has 0 radical (unpaired) electrons. The van der Waals surface area contributed by atoms with E-state index in [0.29, 0.717) is 26.2 Å². The molecule has 1 aliphatic heterocycles. The minimum atomic E-state index is 0.0539. The molecule has 1 saturated heterocycles. The highest BCUT2D eigenvalue weighted by molar-refractivity contribution is 7.98. The van der Waals surface area contributed by atoms with Crippen LogP contribution in [0.1, 0.15) is 20.0 Å². The first-order chi connectivity index (χ1) is 11.2. The van der Waals surface area contributed by atoms with Gasteiger partial charge in [0.15, 0.2) is 0 Å². The highest BCUT2D eigenvalue weighted by Crippen LogP contribution is 2.22. The van der Waals surface area contributed by atoms with Gasteiger partial charge in [-0.05, 0) is 29.8 Å². The first-order valence-corrected chi connectivity index (χ1v) is 9.56. The summed E-state index contributed by atoms with van der Waals surface area (Å²) in [4.78, 5) is 30.5. The van der Waals surface area contributed by atoms with E-state index in [2.05, 4.69) is 0 Å². The third-order valence-electron chi connectivity index (χ3n) is 3.92. The van der Waals surface area contributed by atoms with Gasteiger partial charge in [-0.2, -0.15) is 0 Å². The van der Waals surface area contributed by atoms with Crippen molar-refractivity contribution in [2.75, 3.05) is 32.4 Å². The van der Waals surface area contributed by atoms with E-state index in [0.717, 1.165) is 15.3 Å². The summed E-state index contributed by atoms with van der Waals surface area (Å²) in [6.07, 6.45) is 1.98. The van der Waals surface area contributed by atoms with Crippen LogP contribution in [0.25, 0.3) is 0 Å². The molecule has 1 aromatic carbocycles. The fourth-order valence-electron chi connectivity index (χ4n) is 2.66. The third kappa shape index (κ3) is 3.43. The second-order valence-corrected chi connectivity index (χ2v) is 7.06. The van der Waals surface area contributed by atoms with E-state index < -0.39 is 0 Å². The van der Waals surface area contributed by atoms with Crippen molar-refractivity contribution in [2.24, 2.45) is 0 Å². The molecule has 120 valence electrons. The summed E-state index contributed by atoms with van der Waals surface area (Å²) in [7, 11) is 0. The Morgan fingerprint density at radius 1 is 0.957 bits per heavy atom. The predicted molar refractivity (Wildman–Crippen MR) is 94.3 cm³/mol. The van der Waals surface area contributed by atoms with Crippen molar-refractivity contribution in [1.29, 1.82) is 0 Å². The fraction of sp³-hybridized carbons (Fsp3) is 0.294. The van der Waals surface area contributed by atoms with Crippen LogP contribution in [0.3, 0.4) is 0 Å². The van der Waals surface area contributed by atoms with Crippen LogP contribution < -0.4 is 0 Å². The summed E-state index contributed by atoms with van der Waals surface area (Å²) >= 11 is 3.04. The lowest BCUT2D eigenvalue weighted by Crippen LogP contribution is -2.50. The number of thioether (sulfide) groups is 1. The first kappa shape index (κ1) is 16.1. The lowest BCUT2D eigenvalue weighted by atomic mass is 10.1. The number of hydrogen-bond donors (Lipinski definition) is 0. The first-order valence-electron chi connectivity index (χ1n) is 7.46. The van der Waals surface area contributed by atoms with Crippen molar-refractivity contribution >= 4 is 34.9 Å². The van der Waals surface area contributed by atoms with Crippen LogP contribution in [-0.2, 0) is 0 Å². The quantitative estimate of drug-likeness (QED) is 0.802. The predicted octanol–water partition coefficient (Wildman–Crippen LogP) is 3.07. The molecule has 3 rings (SSSR count). The zero-order chi connectivity index (χ0) is 16.2. The standard InChI is InChI=1S/C17H18N2O2S2/c1-22-14-6-3-2-5-13(14)16(20)18-8-10-19(11-9-18)17(21)15-7-4-12-23-15/h2-7,12H,8-11H2,1H3. The SMILES string of the molecule is CSc1ccccc1C(=O)N1CCN(C(=O)c2cccs2)CC1. The van der Waals surface area contributed by atoms with Crippen LogP contribution in [-0.4, -0.2) is 54.0 Å². The molecule has 0 saturated carbocycles. The van der Waals surface area contributed by atoms with Gasteiger partial charge in [-0.1, -0.05) is 18.2 Å². The lowest BCUT2D eigenvalue weighted by molar-refractivity contribution is 0.0536. The van der Waals surface area contributed by atoms with Crippen LogP contribution in [0.2, 0.25) is 0 Å². The van der Waals surface area contributed by atoms with Gasteiger partial charge in [-0.25, -0.2) is 0 Å². The number of rotatable bonds is 3. The van der Waals surface area contributed by atoms with Crippen molar-refractivity contribution in [3.8, 4) is 0 Å². The smallest absolute Gasteiger partial charge is 0.264 e. The Morgan fingerprint density at radius 2 is 1.61 bits per heavy atom. The molecule has 0 bridgehead atoms. The van der Waals surface area contributed by atoms with Crippen LogP contribution >= 0.6 is 23.1 Å². The minimum Gasteiger partial charge on any atom is -0.335 e. The van der Waals surface area contributed by atoms with E-state index in [4.69, 9.17) is 0 Å². The largest absolute Gasteiger partial charge is 0.335 e. The highest BCUT2D eigenvalue weighted by Gasteiger charge is 2.26. The molecule has 2 aromatic rings. The maximum Gasteiger partial charge on any atom is 0.264 e. The fourth-order valence-corrected chi connectivity index (χ4v) is 3.94. The van der Waals surface area contributed by atoms with E-state index in [1.165, 1.54) is 11.3 Å². The molecule has 2 heterocycles. The summed E-state index contributed by atoms with van der Waals surface area (Å²) in [6.45, 7) is 2.34. The molecule has 4 nitrogen and oxygen atoms in total. The van der Waals surface area contributed by atoms with Crippen molar-refractivity contribution in [1.82, 2.24) is 9.80 Å². The number of carbonyl (C=O) groups excluding carboxylic acids is 2. The van der Waals surface area contributed by atoms with Gasteiger partial charge in [0.25, 0.3) is 11.8 Å². The zero-order valence-electron chi connectivity index (χ0n) is 12.9. The lowest BCUT2D eigenvalue weighted by Gasteiger charge is -2.34. The number of benzene rings is 1. The minimum absolute atomic E-state index is 0.0539. The zero-order valence-corrected chi connectivity index (χ0v) is 14.5. The molecule has 0 atom stereocenters. The van der Waals surface area contributed by atoms with E-state index in [-0.39, 0.29) is 11.8 Å². The second kappa shape index (κ2) is 7.19. The van der Waals surface area contributed by atoms with E-state index >= 15 is 0 Å². The van der Waals surface area contributed by atoms with Gasteiger partial charge in [0.05, 0.1) is 10.4 Å². The van der Waals surface area contributed by atoms with Crippen LogP contribution in [0.5, 0.6) is 0 Å². The summed E-state index contributed by atoms with van der Waals surface area (Å²) in [5, 5.41) is 1.91. The van der Waals surface area contributed by atoms with Crippen molar-refractivity contribution in [3.05, 3.63) is 52.2 Å². The van der Waals surface area contributed by atoms with Crippen LogP contribution in [0, 0.1) is 0 Å². The molecule has 0 spiro atoms. The summed E-state index contributed by atoms with van der Waals surface area (Å²) in [6, 6.07) is 11.4. The summed E-state index contributed by atoms with van der Waals surface area (Å²) in [5.74, 6) is 0.120. The molecule has 0 N–H and O–H groups in total. The van der Waals surface area contributed by atoms with E-state index in [9.17, 15) is 9.59 Å². The third-order valence-corrected chi connectivity index (χ3v) is 5.58. The molecular weight excluding hydrogens is 328 g/mol. The number of nitrogens with zero attached hydrogens (tertiary/aromatic N) is 2. The normalized spacial score (nSPS) is 14.8. The molecule has 1 aromatic heterocycles. The summed E-state index contributed by atoms with van der Waals surface area (Å²) < 4.78 is 0. The van der Waals surface area contributed by atoms with Crippen molar-refractivity contribution in [3.63, 3.8) is 0 Å². The highest BCUT2D eigenvalue weighted by atomic mass is 32.2. The van der Waals surface area contributed by atoms with Gasteiger partial charge in [0.2, 0.25) is 0 Å². The van der Waals surface area contributed by atoms with Gasteiger partial charge in [-0.15, -0.1) is 23.1 Å². The number of hydrogen-bond acceptors (Lipinski definition) is 4. The number of amides is 2. The number of piperazine rings is 1. The van der Waals surface area contributed by atoms with Gasteiger partial charge >= 0.3 is 0 Å². The Kier molecular flexibility index (Phi) is 5.03. The van der Waals surface area contributed by atoms with E-state index in [1.54, 1.807) is 11.8 Å². The van der Waals surface area contributed by atoms with Gasteiger partial charge in [0.1, 0.15) is 0 Å². The molecule has 6 heteroatoms. The summed E-state index contributed by atoms with van der Waals surface area (Å²) in [5.41, 5.74) is 0.748. The Bertz CT molecular complexity index is 692. The molecule has 1 aliphatic rings. The Balaban J connectivity index is 1.65. The maximum absolute atomic E-state index is 12.7. The average Bonchev–Trinajstić information content (AvgIpc) is 3.15. The Morgan fingerprint density at radius 3 is 2.22 bits per heavy atom. The molecule has 1 fully saturated rings. The molecule has 0 aliphatic carbocycles. The molecule has 2 amide bonds. The van der Waals surface area contributed by atoms with Crippen molar-refractivity contribution in [2.45, 2.75) is 4.90 Å². The van der Waals surface area contributed by atoms with Gasteiger partial charge in [0, 0.05) is 31.1 Å². The topological polar surface area (TPSA) is 40.6 Å². The maximum atomic E-state index is 12.7. The molecule has 23 heavy (non-hydrogen) atoms. The van der Waals surface area contributed by atoms with E-state index in [1.807, 2.05) is 57.8 Å².